The van der Waals surface area contributed by atoms with Gasteiger partial charge in [0.1, 0.15) is 0 Å². The molecule has 0 aliphatic heterocycles. The lowest BCUT2D eigenvalue weighted by Gasteiger charge is -2.10. The summed E-state index contributed by atoms with van der Waals surface area (Å²) >= 11 is 1.02. The van der Waals surface area contributed by atoms with Crippen molar-refractivity contribution >= 4 is 29.0 Å². The summed E-state index contributed by atoms with van der Waals surface area (Å²) in [5.74, 6) is -1.06. The number of carbonyl (C=O) groups is 2. The molecule has 4 N–H and O–H groups in total. The van der Waals surface area contributed by atoms with Crippen LogP contribution in [0.2, 0.25) is 0 Å². The van der Waals surface area contributed by atoms with Crippen LogP contribution < -0.4 is 15.5 Å². The summed E-state index contributed by atoms with van der Waals surface area (Å²) in [6, 6.07) is 4.00. The van der Waals surface area contributed by atoms with Gasteiger partial charge in [0.05, 0.1) is 12.1 Å². The zero-order chi connectivity index (χ0) is 15.4. The van der Waals surface area contributed by atoms with Crippen molar-refractivity contribution in [3.05, 3.63) is 50.1 Å². The number of aryl methyl sites for hydroxylation is 1. The van der Waals surface area contributed by atoms with Crippen LogP contribution in [0.15, 0.2) is 28.4 Å². The minimum absolute atomic E-state index is 0.0954. The minimum Gasteiger partial charge on any atom is -0.478 e. The Labute approximate surface area is 123 Å². The number of thiazole rings is 1. The molecular weight excluding hydrogens is 294 g/mol. The maximum absolute atomic E-state index is 11.8. The zero-order valence-corrected chi connectivity index (χ0v) is 11.9. The van der Waals surface area contributed by atoms with E-state index in [9.17, 15) is 14.4 Å². The van der Waals surface area contributed by atoms with Crippen LogP contribution in [0, 0.1) is 6.92 Å². The highest BCUT2D eigenvalue weighted by Gasteiger charge is 2.09. The van der Waals surface area contributed by atoms with Crippen LogP contribution in [-0.4, -0.2) is 22.1 Å². The number of aromatic nitrogens is 1. The van der Waals surface area contributed by atoms with Gasteiger partial charge in [-0.15, -0.1) is 0 Å². The fraction of sp³-hybridized carbons (Fsp3) is 0.154. The molecule has 1 heterocycles. The molecule has 21 heavy (non-hydrogen) atoms. The Morgan fingerprint density at radius 2 is 2.14 bits per heavy atom. The average Bonchev–Trinajstić information content (AvgIpc) is 2.84. The number of H-pyrrole nitrogens is 1. The number of aromatic carboxylic acids is 1. The Kier molecular flexibility index (Phi) is 4.39. The first-order valence-corrected chi connectivity index (χ1v) is 6.89. The van der Waals surface area contributed by atoms with Crippen LogP contribution in [0.25, 0.3) is 0 Å². The molecule has 0 bridgehead atoms. The van der Waals surface area contributed by atoms with E-state index < -0.39 is 12.0 Å². The molecule has 0 atom stereocenters. The maximum atomic E-state index is 11.8. The number of carbonyl (C=O) groups excluding carboxylic acids is 1. The van der Waals surface area contributed by atoms with Crippen molar-refractivity contribution < 1.29 is 14.7 Å². The fourth-order valence-electron chi connectivity index (χ4n) is 1.63. The zero-order valence-electron chi connectivity index (χ0n) is 11.1. The monoisotopic (exact) mass is 307 g/mol. The number of carboxylic acid groups (broad SMARTS) is 1. The van der Waals surface area contributed by atoms with E-state index in [1.54, 1.807) is 18.4 Å². The highest BCUT2D eigenvalue weighted by molar-refractivity contribution is 7.07. The molecule has 0 spiro atoms. The number of hydrogen-bond donors (Lipinski definition) is 4. The number of rotatable bonds is 4. The molecule has 2 rings (SSSR count). The van der Waals surface area contributed by atoms with E-state index in [0.29, 0.717) is 11.4 Å². The van der Waals surface area contributed by atoms with E-state index in [1.807, 2.05) is 0 Å². The lowest BCUT2D eigenvalue weighted by molar-refractivity contribution is 0.0697. The molecule has 2 amide bonds. The van der Waals surface area contributed by atoms with Gasteiger partial charge < -0.3 is 20.7 Å². The molecule has 0 unspecified atom stereocenters. The summed E-state index contributed by atoms with van der Waals surface area (Å²) in [6.07, 6.45) is 0. The second kappa shape index (κ2) is 6.23. The van der Waals surface area contributed by atoms with Gasteiger partial charge in [0.2, 0.25) is 0 Å². The third-order valence-electron chi connectivity index (χ3n) is 2.74. The molecule has 0 aliphatic carbocycles. The number of carboxylic acids is 1. The molecule has 8 heteroatoms. The molecule has 0 saturated heterocycles. The Balaban J connectivity index is 2.00. The van der Waals surface area contributed by atoms with Crippen LogP contribution in [0.4, 0.5) is 10.5 Å². The second-order valence-corrected chi connectivity index (χ2v) is 5.16. The normalized spacial score (nSPS) is 10.1. The quantitative estimate of drug-likeness (QED) is 0.689. The summed E-state index contributed by atoms with van der Waals surface area (Å²) in [6.45, 7) is 1.94. The Hall–Kier alpha value is -2.61. The van der Waals surface area contributed by atoms with Gasteiger partial charge in [-0.05, 0) is 24.6 Å². The second-order valence-electron chi connectivity index (χ2n) is 4.32. The van der Waals surface area contributed by atoms with Crippen molar-refractivity contribution in [1.82, 2.24) is 10.3 Å². The van der Waals surface area contributed by atoms with Gasteiger partial charge in [-0.25, -0.2) is 9.59 Å². The first-order valence-electron chi connectivity index (χ1n) is 6.01. The van der Waals surface area contributed by atoms with Crippen LogP contribution >= 0.6 is 11.3 Å². The molecular formula is C13H13N3O4S. The number of urea groups is 1. The largest absolute Gasteiger partial charge is 0.478 e. The van der Waals surface area contributed by atoms with Gasteiger partial charge in [0.15, 0.2) is 0 Å². The lowest BCUT2D eigenvalue weighted by atomic mass is 10.1. The molecule has 0 saturated carbocycles. The van der Waals surface area contributed by atoms with Gasteiger partial charge in [0, 0.05) is 16.8 Å². The number of benzene rings is 1. The highest BCUT2D eigenvalue weighted by Crippen LogP contribution is 2.16. The van der Waals surface area contributed by atoms with Crippen molar-refractivity contribution in [3.63, 3.8) is 0 Å². The maximum Gasteiger partial charge on any atom is 0.335 e. The SMILES string of the molecule is Cc1ccc(C(=O)O)cc1NC(=O)NCc1csc(=O)[nH]1. The van der Waals surface area contributed by atoms with E-state index in [-0.39, 0.29) is 17.0 Å². The Bertz CT molecular complexity index is 735. The highest BCUT2D eigenvalue weighted by atomic mass is 32.1. The summed E-state index contributed by atoms with van der Waals surface area (Å²) in [7, 11) is 0. The molecule has 1 aromatic carbocycles. The van der Waals surface area contributed by atoms with E-state index in [0.717, 1.165) is 16.9 Å². The number of hydrogen-bond acceptors (Lipinski definition) is 4. The van der Waals surface area contributed by atoms with E-state index in [2.05, 4.69) is 15.6 Å². The van der Waals surface area contributed by atoms with Gasteiger partial charge in [0.25, 0.3) is 0 Å². The Morgan fingerprint density at radius 1 is 1.38 bits per heavy atom. The molecule has 0 radical (unpaired) electrons. The van der Waals surface area contributed by atoms with E-state index in [4.69, 9.17) is 5.11 Å². The van der Waals surface area contributed by atoms with Crippen molar-refractivity contribution in [2.75, 3.05) is 5.32 Å². The number of anilines is 1. The van der Waals surface area contributed by atoms with Gasteiger partial charge in [-0.3, -0.25) is 4.79 Å². The number of aromatic amines is 1. The molecule has 110 valence electrons. The van der Waals surface area contributed by atoms with Crippen molar-refractivity contribution in [2.45, 2.75) is 13.5 Å². The lowest BCUT2D eigenvalue weighted by Crippen LogP contribution is -2.28. The average molecular weight is 307 g/mol. The van der Waals surface area contributed by atoms with Crippen LogP contribution in [0.1, 0.15) is 21.6 Å². The molecule has 0 fully saturated rings. The van der Waals surface area contributed by atoms with Gasteiger partial charge in [-0.1, -0.05) is 17.4 Å². The molecule has 1 aromatic heterocycles. The summed E-state index contributed by atoms with van der Waals surface area (Å²) in [5, 5.41) is 15.7. The van der Waals surface area contributed by atoms with Crippen LogP contribution in [0.3, 0.4) is 0 Å². The van der Waals surface area contributed by atoms with Crippen molar-refractivity contribution in [3.8, 4) is 0 Å². The first-order chi connectivity index (χ1) is 9.95. The summed E-state index contributed by atoms with van der Waals surface area (Å²) in [4.78, 5) is 36.0. The van der Waals surface area contributed by atoms with E-state index in [1.165, 1.54) is 12.1 Å². The molecule has 2 aromatic rings. The van der Waals surface area contributed by atoms with Crippen LogP contribution in [0.5, 0.6) is 0 Å². The summed E-state index contributed by atoms with van der Waals surface area (Å²) in [5.41, 5.74) is 1.87. The minimum atomic E-state index is -1.06. The van der Waals surface area contributed by atoms with Gasteiger partial charge in [-0.2, -0.15) is 0 Å². The molecule has 0 aliphatic rings. The number of amides is 2. The number of nitrogens with one attached hydrogen (secondary N) is 3. The predicted octanol–water partition coefficient (Wildman–Crippen LogP) is 1.76. The third-order valence-corrected chi connectivity index (χ3v) is 3.46. The summed E-state index contributed by atoms with van der Waals surface area (Å²) < 4.78 is 0. The first kappa shape index (κ1) is 14.8. The fourth-order valence-corrected chi connectivity index (χ4v) is 2.21. The standard InChI is InChI=1S/C13H13N3O4S/c1-7-2-3-8(11(17)18)4-10(7)16-12(19)14-5-9-6-21-13(20)15-9/h2-4,6H,5H2,1H3,(H,15,20)(H,17,18)(H2,14,16,19). The predicted molar refractivity (Wildman–Crippen MR) is 78.9 cm³/mol. The van der Waals surface area contributed by atoms with Crippen molar-refractivity contribution in [1.29, 1.82) is 0 Å². The molecule has 7 nitrogen and oxygen atoms in total. The van der Waals surface area contributed by atoms with E-state index >= 15 is 0 Å². The van der Waals surface area contributed by atoms with Gasteiger partial charge >= 0.3 is 16.9 Å². The van der Waals surface area contributed by atoms with Crippen molar-refractivity contribution in [2.24, 2.45) is 0 Å². The van der Waals surface area contributed by atoms with Crippen LogP contribution in [-0.2, 0) is 6.54 Å². The topological polar surface area (TPSA) is 111 Å². The smallest absolute Gasteiger partial charge is 0.335 e. The third kappa shape index (κ3) is 3.93. The Morgan fingerprint density at radius 3 is 2.76 bits per heavy atom.